The van der Waals surface area contributed by atoms with Crippen molar-refractivity contribution >= 4 is 11.8 Å². The summed E-state index contributed by atoms with van der Waals surface area (Å²) in [6, 6.07) is 11.4. The molecule has 2 amide bonds. The van der Waals surface area contributed by atoms with E-state index in [1.807, 2.05) is 12.1 Å². The van der Waals surface area contributed by atoms with Crippen LogP contribution in [0.5, 0.6) is 5.75 Å². The number of ether oxygens (including phenoxy) is 1. The molecule has 0 radical (unpaired) electrons. The van der Waals surface area contributed by atoms with E-state index in [1.165, 1.54) is 31.4 Å². The van der Waals surface area contributed by atoms with Gasteiger partial charge in [-0.2, -0.15) is 13.2 Å². The highest BCUT2D eigenvalue weighted by molar-refractivity contribution is 5.88. The van der Waals surface area contributed by atoms with Gasteiger partial charge in [-0.15, -0.1) is 0 Å². The van der Waals surface area contributed by atoms with E-state index in [-0.39, 0.29) is 24.3 Å². The summed E-state index contributed by atoms with van der Waals surface area (Å²) in [6.07, 6.45) is 6.14. The molecule has 3 rings (SSSR count). The fourth-order valence-corrected chi connectivity index (χ4v) is 5.31. The number of benzene rings is 2. The third kappa shape index (κ3) is 11.3. The van der Waals surface area contributed by atoms with Crippen LogP contribution in [0.25, 0.3) is 0 Å². The summed E-state index contributed by atoms with van der Waals surface area (Å²) < 4.78 is 44.1. The number of hydrogen-bond donors (Lipinski definition) is 3. The van der Waals surface area contributed by atoms with E-state index >= 15 is 0 Å². The molecule has 0 bridgehead atoms. The van der Waals surface area contributed by atoms with Gasteiger partial charge in [-0.05, 0) is 80.0 Å². The van der Waals surface area contributed by atoms with Gasteiger partial charge in [0.1, 0.15) is 18.4 Å². The van der Waals surface area contributed by atoms with Crippen molar-refractivity contribution in [2.75, 3.05) is 13.1 Å². The SMILES string of the molecule is CCCCCCCCNC(=O)[C@H](Cc1ccc(OCc2ccc(C(F)(F)F)cc2)cc1)NC(=O)C1CCC(CN)CC1. The van der Waals surface area contributed by atoms with Gasteiger partial charge < -0.3 is 21.1 Å². The van der Waals surface area contributed by atoms with Gasteiger partial charge in [-0.3, -0.25) is 9.59 Å². The van der Waals surface area contributed by atoms with Crippen LogP contribution in [0.1, 0.15) is 87.8 Å². The number of rotatable bonds is 16. The predicted molar refractivity (Wildman–Crippen MR) is 159 cm³/mol. The molecular formula is C33H46F3N3O3. The van der Waals surface area contributed by atoms with Crippen molar-refractivity contribution in [2.24, 2.45) is 17.6 Å². The van der Waals surface area contributed by atoms with Crippen LogP contribution < -0.4 is 21.1 Å². The van der Waals surface area contributed by atoms with E-state index in [0.717, 1.165) is 62.6 Å². The predicted octanol–water partition coefficient (Wildman–Crippen LogP) is 6.55. The van der Waals surface area contributed by atoms with Gasteiger partial charge in [0.05, 0.1) is 5.56 Å². The summed E-state index contributed by atoms with van der Waals surface area (Å²) in [5.74, 6) is 0.647. The van der Waals surface area contributed by atoms with Crippen molar-refractivity contribution < 1.29 is 27.5 Å². The standard InChI is InChI=1S/C33H46F3N3O3/c1-2-3-4-5-6-7-20-38-32(41)30(39-31(40)27-14-8-25(22-37)9-15-27)21-24-12-18-29(19-13-24)42-23-26-10-16-28(17-11-26)33(34,35)36/h10-13,16-19,25,27,30H,2-9,14-15,20-23,37H2,1H3,(H,38,41)(H,39,40)/t25?,27?,30-/m0/s1. The molecule has 0 saturated heterocycles. The summed E-state index contributed by atoms with van der Waals surface area (Å²) in [7, 11) is 0. The Hall–Kier alpha value is -3.07. The fourth-order valence-electron chi connectivity index (χ4n) is 5.31. The number of amides is 2. The maximum atomic E-state index is 13.2. The second-order valence-corrected chi connectivity index (χ2v) is 11.4. The molecular weight excluding hydrogens is 543 g/mol. The van der Waals surface area contributed by atoms with Gasteiger partial charge in [0, 0.05) is 18.9 Å². The summed E-state index contributed by atoms with van der Waals surface area (Å²) >= 11 is 0. The Labute approximate surface area is 248 Å². The Balaban J connectivity index is 1.56. The lowest BCUT2D eigenvalue weighted by atomic mass is 9.81. The largest absolute Gasteiger partial charge is 0.489 e. The van der Waals surface area contributed by atoms with Crippen LogP contribution >= 0.6 is 0 Å². The lowest BCUT2D eigenvalue weighted by Crippen LogP contribution is -2.50. The number of hydrogen-bond acceptors (Lipinski definition) is 4. The lowest BCUT2D eigenvalue weighted by Gasteiger charge is -2.28. The van der Waals surface area contributed by atoms with Crippen LogP contribution in [-0.2, 0) is 28.8 Å². The molecule has 2 aromatic carbocycles. The molecule has 42 heavy (non-hydrogen) atoms. The first-order chi connectivity index (χ1) is 20.2. The zero-order chi connectivity index (χ0) is 30.4. The molecule has 0 spiro atoms. The van der Waals surface area contributed by atoms with Crippen molar-refractivity contribution in [3.8, 4) is 5.75 Å². The van der Waals surface area contributed by atoms with Crippen LogP contribution in [0.3, 0.4) is 0 Å². The quantitative estimate of drug-likeness (QED) is 0.194. The first kappa shape index (κ1) is 33.4. The average molecular weight is 590 g/mol. The summed E-state index contributed by atoms with van der Waals surface area (Å²) in [5, 5.41) is 6.04. The van der Waals surface area contributed by atoms with Gasteiger partial charge in [-0.25, -0.2) is 0 Å². The zero-order valence-electron chi connectivity index (χ0n) is 24.7. The van der Waals surface area contributed by atoms with Crippen LogP contribution in [0.15, 0.2) is 48.5 Å². The van der Waals surface area contributed by atoms with Crippen LogP contribution in [-0.4, -0.2) is 30.9 Å². The molecule has 4 N–H and O–H groups in total. The summed E-state index contributed by atoms with van der Waals surface area (Å²) in [5.41, 5.74) is 6.59. The van der Waals surface area contributed by atoms with E-state index in [4.69, 9.17) is 10.5 Å². The number of nitrogens with one attached hydrogen (secondary N) is 2. The van der Waals surface area contributed by atoms with Gasteiger partial charge >= 0.3 is 6.18 Å². The highest BCUT2D eigenvalue weighted by Gasteiger charge is 2.30. The number of halogens is 3. The molecule has 0 aliphatic heterocycles. The van der Waals surface area contributed by atoms with E-state index < -0.39 is 17.8 Å². The Morgan fingerprint density at radius 3 is 2.14 bits per heavy atom. The van der Waals surface area contributed by atoms with E-state index in [2.05, 4.69) is 17.6 Å². The Morgan fingerprint density at radius 2 is 1.52 bits per heavy atom. The van der Waals surface area contributed by atoms with Gasteiger partial charge in [0.2, 0.25) is 11.8 Å². The maximum Gasteiger partial charge on any atom is 0.416 e. The highest BCUT2D eigenvalue weighted by Crippen LogP contribution is 2.30. The Kier molecular flexibility index (Phi) is 13.6. The van der Waals surface area contributed by atoms with Gasteiger partial charge in [0.25, 0.3) is 0 Å². The molecule has 0 aromatic heterocycles. The van der Waals surface area contributed by atoms with Gasteiger partial charge in [-0.1, -0.05) is 63.3 Å². The molecule has 1 atom stereocenters. The maximum absolute atomic E-state index is 13.2. The van der Waals surface area contributed by atoms with Crippen molar-refractivity contribution in [1.82, 2.24) is 10.6 Å². The van der Waals surface area contributed by atoms with Crippen LogP contribution in [0.2, 0.25) is 0 Å². The lowest BCUT2D eigenvalue weighted by molar-refractivity contribution is -0.137. The van der Waals surface area contributed by atoms with Crippen molar-refractivity contribution in [1.29, 1.82) is 0 Å². The highest BCUT2D eigenvalue weighted by atomic mass is 19.4. The van der Waals surface area contributed by atoms with Crippen LogP contribution in [0.4, 0.5) is 13.2 Å². The number of unbranched alkanes of at least 4 members (excludes halogenated alkanes) is 5. The van der Waals surface area contributed by atoms with E-state index in [0.29, 0.717) is 36.7 Å². The Bertz CT molecular complexity index is 1080. The number of alkyl halides is 3. The average Bonchev–Trinajstić information content (AvgIpc) is 2.99. The number of carbonyl (C=O) groups excluding carboxylic acids is 2. The molecule has 1 saturated carbocycles. The molecule has 2 aromatic rings. The van der Waals surface area contributed by atoms with E-state index in [1.54, 1.807) is 12.1 Å². The topological polar surface area (TPSA) is 93.5 Å². The molecule has 1 fully saturated rings. The minimum Gasteiger partial charge on any atom is -0.489 e. The van der Waals surface area contributed by atoms with E-state index in [9.17, 15) is 22.8 Å². The third-order valence-electron chi connectivity index (χ3n) is 8.06. The first-order valence-electron chi connectivity index (χ1n) is 15.4. The summed E-state index contributed by atoms with van der Waals surface area (Å²) in [4.78, 5) is 26.3. The van der Waals surface area contributed by atoms with Crippen molar-refractivity contribution in [2.45, 2.75) is 96.4 Å². The van der Waals surface area contributed by atoms with Gasteiger partial charge in [0.15, 0.2) is 0 Å². The number of nitrogens with two attached hydrogens (primary N) is 1. The minimum atomic E-state index is -4.37. The second kappa shape index (κ2) is 17.1. The molecule has 0 unspecified atom stereocenters. The number of carbonyl (C=O) groups is 2. The normalized spacial score (nSPS) is 17.8. The zero-order valence-corrected chi connectivity index (χ0v) is 24.7. The van der Waals surface area contributed by atoms with Crippen molar-refractivity contribution in [3.05, 3.63) is 65.2 Å². The molecule has 232 valence electrons. The molecule has 1 aliphatic rings. The minimum absolute atomic E-state index is 0.0818. The third-order valence-corrected chi connectivity index (χ3v) is 8.06. The van der Waals surface area contributed by atoms with Crippen molar-refractivity contribution in [3.63, 3.8) is 0 Å². The summed E-state index contributed by atoms with van der Waals surface area (Å²) in [6.45, 7) is 3.53. The molecule has 9 heteroatoms. The Morgan fingerprint density at radius 1 is 0.905 bits per heavy atom. The smallest absolute Gasteiger partial charge is 0.416 e. The first-order valence-corrected chi connectivity index (χ1v) is 15.4. The fraction of sp³-hybridized carbons (Fsp3) is 0.576. The van der Waals surface area contributed by atoms with Crippen LogP contribution in [0, 0.1) is 11.8 Å². The molecule has 0 heterocycles. The monoisotopic (exact) mass is 589 g/mol. The molecule has 6 nitrogen and oxygen atoms in total. The second-order valence-electron chi connectivity index (χ2n) is 11.4. The molecule has 1 aliphatic carbocycles.